The molecular formula is C14H15NO5. The van der Waals surface area contributed by atoms with Gasteiger partial charge in [-0.05, 0) is 19.1 Å². The van der Waals surface area contributed by atoms with E-state index >= 15 is 0 Å². The van der Waals surface area contributed by atoms with E-state index in [1.165, 1.54) is 20.6 Å². The molecule has 0 amide bonds. The summed E-state index contributed by atoms with van der Waals surface area (Å²) in [6.07, 6.45) is 1.19. The Morgan fingerprint density at radius 3 is 2.45 bits per heavy atom. The molecule has 0 spiro atoms. The van der Waals surface area contributed by atoms with Crippen molar-refractivity contribution in [2.24, 2.45) is 0 Å². The first-order chi connectivity index (χ1) is 9.72. The SMILES string of the molecule is CCOC(=O)c1ncoc1-c1c(OC)cccc1OC. The van der Waals surface area contributed by atoms with Gasteiger partial charge >= 0.3 is 5.97 Å². The van der Waals surface area contributed by atoms with Crippen LogP contribution < -0.4 is 9.47 Å². The van der Waals surface area contributed by atoms with Crippen LogP contribution in [0.3, 0.4) is 0 Å². The summed E-state index contributed by atoms with van der Waals surface area (Å²) in [5.41, 5.74) is 0.618. The highest BCUT2D eigenvalue weighted by molar-refractivity contribution is 5.95. The molecule has 6 heteroatoms. The summed E-state index contributed by atoms with van der Waals surface area (Å²) < 4.78 is 20.9. The molecule has 0 saturated carbocycles. The predicted molar refractivity (Wildman–Crippen MR) is 71.0 cm³/mol. The van der Waals surface area contributed by atoms with Gasteiger partial charge < -0.3 is 18.6 Å². The third-order valence-electron chi connectivity index (χ3n) is 2.69. The summed E-state index contributed by atoms with van der Waals surface area (Å²) in [4.78, 5) is 15.8. The van der Waals surface area contributed by atoms with Gasteiger partial charge in [-0.25, -0.2) is 9.78 Å². The Morgan fingerprint density at radius 2 is 1.90 bits per heavy atom. The standard InChI is InChI=1S/C14H15NO5/c1-4-19-14(16)12-13(20-8-15-12)11-9(17-2)6-5-7-10(11)18-3/h5-8H,4H2,1-3H3. The molecule has 20 heavy (non-hydrogen) atoms. The van der Waals surface area contributed by atoms with Gasteiger partial charge in [0.2, 0.25) is 0 Å². The van der Waals surface area contributed by atoms with Crippen LogP contribution in [0, 0.1) is 0 Å². The van der Waals surface area contributed by atoms with Gasteiger partial charge in [-0.2, -0.15) is 0 Å². The minimum Gasteiger partial charge on any atom is -0.496 e. The number of esters is 1. The Bertz CT molecular complexity index is 583. The number of hydrogen-bond acceptors (Lipinski definition) is 6. The number of nitrogens with zero attached hydrogens (tertiary/aromatic N) is 1. The maximum absolute atomic E-state index is 11.9. The Morgan fingerprint density at radius 1 is 1.25 bits per heavy atom. The molecule has 0 aliphatic rings. The summed E-state index contributed by atoms with van der Waals surface area (Å²) >= 11 is 0. The lowest BCUT2D eigenvalue weighted by Crippen LogP contribution is -2.07. The van der Waals surface area contributed by atoms with E-state index in [4.69, 9.17) is 18.6 Å². The maximum atomic E-state index is 11.9. The van der Waals surface area contributed by atoms with Crippen LogP contribution in [0.4, 0.5) is 0 Å². The highest BCUT2D eigenvalue weighted by Crippen LogP contribution is 2.39. The molecule has 0 radical (unpaired) electrons. The number of carbonyl (C=O) groups is 1. The molecule has 0 aliphatic heterocycles. The number of oxazole rings is 1. The van der Waals surface area contributed by atoms with Crippen molar-refractivity contribution in [3.05, 3.63) is 30.3 Å². The molecule has 1 aromatic carbocycles. The van der Waals surface area contributed by atoms with Crippen LogP contribution in [0.5, 0.6) is 11.5 Å². The van der Waals surface area contributed by atoms with Crippen LogP contribution in [0.15, 0.2) is 29.0 Å². The van der Waals surface area contributed by atoms with E-state index in [1.807, 2.05) is 0 Å². The monoisotopic (exact) mass is 277 g/mol. The zero-order valence-corrected chi connectivity index (χ0v) is 11.5. The lowest BCUT2D eigenvalue weighted by atomic mass is 10.1. The van der Waals surface area contributed by atoms with Gasteiger partial charge in [-0.3, -0.25) is 0 Å². The molecule has 0 unspecified atom stereocenters. The molecule has 2 aromatic rings. The fraction of sp³-hybridized carbons (Fsp3) is 0.286. The van der Waals surface area contributed by atoms with Crippen molar-refractivity contribution in [1.82, 2.24) is 4.98 Å². The minimum atomic E-state index is -0.552. The smallest absolute Gasteiger partial charge is 0.360 e. The summed E-state index contributed by atoms with van der Waals surface area (Å²) in [5.74, 6) is 0.750. The molecule has 106 valence electrons. The number of rotatable bonds is 5. The number of benzene rings is 1. The first-order valence-electron chi connectivity index (χ1n) is 6.04. The number of carbonyl (C=O) groups excluding carboxylic acids is 1. The first kappa shape index (κ1) is 13.9. The number of ether oxygens (including phenoxy) is 3. The van der Waals surface area contributed by atoms with Crippen molar-refractivity contribution >= 4 is 5.97 Å². The normalized spacial score (nSPS) is 10.2. The van der Waals surface area contributed by atoms with E-state index in [1.54, 1.807) is 25.1 Å². The van der Waals surface area contributed by atoms with E-state index < -0.39 is 5.97 Å². The van der Waals surface area contributed by atoms with Crippen molar-refractivity contribution in [2.45, 2.75) is 6.92 Å². The summed E-state index contributed by atoms with van der Waals surface area (Å²) in [7, 11) is 3.05. The molecule has 0 bridgehead atoms. The molecule has 2 rings (SSSR count). The van der Waals surface area contributed by atoms with Gasteiger partial charge in [0.15, 0.2) is 17.8 Å². The van der Waals surface area contributed by atoms with E-state index in [0.717, 1.165) is 0 Å². The van der Waals surface area contributed by atoms with Crippen LogP contribution in [0.1, 0.15) is 17.4 Å². The summed E-state index contributed by atoms with van der Waals surface area (Å²) in [6.45, 7) is 1.98. The lowest BCUT2D eigenvalue weighted by molar-refractivity contribution is 0.0520. The third-order valence-corrected chi connectivity index (χ3v) is 2.69. The molecule has 0 N–H and O–H groups in total. The van der Waals surface area contributed by atoms with Crippen molar-refractivity contribution in [3.63, 3.8) is 0 Å². The van der Waals surface area contributed by atoms with Gasteiger partial charge in [0.05, 0.1) is 20.8 Å². The van der Waals surface area contributed by atoms with Crippen LogP contribution in [-0.2, 0) is 4.74 Å². The van der Waals surface area contributed by atoms with Gasteiger partial charge in [0.25, 0.3) is 0 Å². The van der Waals surface area contributed by atoms with Crippen molar-refractivity contribution in [2.75, 3.05) is 20.8 Å². The fourth-order valence-electron chi connectivity index (χ4n) is 1.84. The molecule has 0 aliphatic carbocycles. The van der Waals surface area contributed by atoms with E-state index in [9.17, 15) is 4.79 Å². The minimum absolute atomic E-state index is 0.0923. The van der Waals surface area contributed by atoms with E-state index in [2.05, 4.69) is 4.98 Å². The van der Waals surface area contributed by atoms with Crippen LogP contribution in [0.2, 0.25) is 0 Å². The van der Waals surface area contributed by atoms with Crippen molar-refractivity contribution in [3.8, 4) is 22.8 Å². The zero-order chi connectivity index (χ0) is 14.5. The summed E-state index contributed by atoms with van der Waals surface area (Å²) in [5, 5.41) is 0. The first-order valence-corrected chi connectivity index (χ1v) is 6.04. The van der Waals surface area contributed by atoms with Gasteiger partial charge in [0, 0.05) is 0 Å². The number of hydrogen-bond donors (Lipinski definition) is 0. The van der Waals surface area contributed by atoms with E-state index in [-0.39, 0.29) is 18.1 Å². The highest BCUT2D eigenvalue weighted by Gasteiger charge is 2.25. The molecular weight excluding hydrogens is 262 g/mol. The molecule has 6 nitrogen and oxygen atoms in total. The Labute approximate surface area is 116 Å². The van der Waals surface area contributed by atoms with Crippen LogP contribution >= 0.6 is 0 Å². The third kappa shape index (κ3) is 2.45. The maximum Gasteiger partial charge on any atom is 0.360 e. The highest BCUT2D eigenvalue weighted by atomic mass is 16.5. The van der Waals surface area contributed by atoms with Crippen molar-refractivity contribution < 1.29 is 23.4 Å². The molecule has 1 aromatic heterocycles. The average Bonchev–Trinajstić information content (AvgIpc) is 2.95. The lowest BCUT2D eigenvalue weighted by Gasteiger charge is -2.11. The predicted octanol–water partition coefficient (Wildman–Crippen LogP) is 2.54. The average molecular weight is 277 g/mol. The van der Waals surface area contributed by atoms with Crippen molar-refractivity contribution in [1.29, 1.82) is 0 Å². The Balaban J connectivity index is 2.57. The Hall–Kier alpha value is -2.50. The fourth-order valence-corrected chi connectivity index (χ4v) is 1.84. The largest absolute Gasteiger partial charge is 0.496 e. The van der Waals surface area contributed by atoms with Crippen LogP contribution in [-0.4, -0.2) is 31.8 Å². The topological polar surface area (TPSA) is 70.8 Å². The number of aromatic nitrogens is 1. The van der Waals surface area contributed by atoms with Crippen LogP contribution in [0.25, 0.3) is 11.3 Å². The molecule has 1 heterocycles. The van der Waals surface area contributed by atoms with Gasteiger partial charge in [-0.1, -0.05) is 6.07 Å². The second-order valence-electron chi connectivity index (χ2n) is 3.79. The van der Waals surface area contributed by atoms with Gasteiger partial charge in [-0.15, -0.1) is 0 Å². The van der Waals surface area contributed by atoms with E-state index in [0.29, 0.717) is 17.1 Å². The number of methoxy groups -OCH3 is 2. The Kier molecular flexibility index (Phi) is 4.24. The van der Waals surface area contributed by atoms with Gasteiger partial charge in [0.1, 0.15) is 17.1 Å². The molecule has 0 fully saturated rings. The zero-order valence-electron chi connectivity index (χ0n) is 11.5. The molecule has 0 atom stereocenters. The second kappa shape index (κ2) is 6.10. The molecule has 0 saturated heterocycles. The summed E-state index contributed by atoms with van der Waals surface area (Å²) in [6, 6.07) is 5.27. The quantitative estimate of drug-likeness (QED) is 0.782. The second-order valence-corrected chi connectivity index (χ2v) is 3.79.